The van der Waals surface area contributed by atoms with Gasteiger partial charge in [0.2, 0.25) is 5.91 Å². The molecule has 2 aliphatic rings. The Kier molecular flexibility index (Phi) is 8.11. The molecule has 2 aliphatic heterocycles. The van der Waals surface area contributed by atoms with Gasteiger partial charge in [-0.15, -0.1) is 0 Å². The van der Waals surface area contributed by atoms with Crippen molar-refractivity contribution in [2.75, 3.05) is 46.0 Å². The Morgan fingerprint density at radius 3 is 2.47 bits per heavy atom. The van der Waals surface area contributed by atoms with Crippen LogP contribution < -0.4 is 4.74 Å². The number of ether oxygens (including phenoxy) is 2. The van der Waals surface area contributed by atoms with Gasteiger partial charge in [0.1, 0.15) is 11.5 Å². The molecule has 3 heterocycles. The van der Waals surface area contributed by atoms with Gasteiger partial charge in [0.05, 0.1) is 19.8 Å². The molecule has 0 unspecified atom stereocenters. The summed E-state index contributed by atoms with van der Waals surface area (Å²) < 4.78 is 16.8. The molecule has 0 spiro atoms. The van der Waals surface area contributed by atoms with Gasteiger partial charge in [-0.1, -0.05) is 23.7 Å². The van der Waals surface area contributed by atoms with E-state index in [0.29, 0.717) is 81.7 Å². The molecule has 0 saturated carbocycles. The van der Waals surface area contributed by atoms with E-state index in [2.05, 4.69) is 12.1 Å². The molecule has 2 fully saturated rings. The maximum absolute atomic E-state index is 13.1. The van der Waals surface area contributed by atoms with Crippen LogP contribution in [-0.4, -0.2) is 72.8 Å². The Labute approximate surface area is 205 Å². The smallest absolute Gasteiger partial charge is 0.276 e. The molecule has 184 valence electrons. The number of rotatable bonds is 8. The third-order valence-electron chi connectivity index (χ3n) is 6.63. The Morgan fingerprint density at radius 2 is 1.79 bits per heavy atom. The molecular weight excluding hydrogens is 458 g/mol. The van der Waals surface area contributed by atoms with Crippen LogP contribution in [-0.2, 0) is 16.0 Å². The average Bonchev–Trinajstić information content (AvgIpc) is 3.33. The van der Waals surface area contributed by atoms with Crippen molar-refractivity contribution in [3.8, 4) is 5.75 Å². The van der Waals surface area contributed by atoms with Crippen LogP contribution in [0.2, 0.25) is 5.02 Å². The highest BCUT2D eigenvalue weighted by atomic mass is 35.5. The number of carbonyl (C=O) groups is 2. The van der Waals surface area contributed by atoms with Crippen molar-refractivity contribution in [2.45, 2.75) is 39.0 Å². The molecule has 0 atom stereocenters. The van der Waals surface area contributed by atoms with Crippen molar-refractivity contribution in [1.29, 1.82) is 0 Å². The number of halogens is 1. The summed E-state index contributed by atoms with van der Waals surface area (Å²) in [5, 5.41) is 4.61. The van der Waals surface area contributed by atoms with Gasteiger partial charge in [-0.05, 0) is 43.5 Å². The zero-order valence-electron chi connectivity index (χ0n) is 19.6. The average molecular weight is 490 g/mol. The van der Waals surface area contributed by atoms with Crippen LogP contribution in [0.3, 0.4) is 0 Å². The van der Waals surface area contributed by atoms with Gasteiger partial charge in [0.25, 0.3) is 5.91 Å². The molecular formula is C25H32ClN3O5. The van der Waals surface area contributed by atoms with E-state index in [4.69, 9.17) is 25.6 Å². The maximum Gasteiger partial charge on any atom is 0.276 e. The SMILES string of the molecule is CCCc1cc(C(=O)N2CCC(COc3ccc(Cl)cc3)(CC(=O)N3CCOCC3)CC2)no1. The minimum Gasteiger partial charge on any atom is -0.493 e. The quantitative estimate of drug-likeness (QED) is 0.560. The maximum atomic E-state index is 13.1. The third-order valence-corrected chi connectivity index (χ3v) is 6.89. The number of nitrogens with zero attached hydrogens (tertiary/aromatic N) is 3. The number of amides is 2. The lowest BCUT2D eigenvalue weighted by Crippen LogP contribution is -2.49. The van der Waals surface area contributed by atoms with Crippen LogP contribution in [0.1, 0.15) is 48.9 Å². The van der Waals surface area contributed by atoms with E-state index in [-0.39, 0.29) is 17.2 Å². The summed E-state index contributed by atoms with van der Waals surface area (Å²) in [4.78, 5) is 29.8. The molecule has 8 nitrogen and oxygen atoms in total. The van der Waals surface area contributed by atoms with Crippen molar-refractivity contribution in [3.05, 3.63) is 46.8 Å². The fourth-order valence-electron chi connectivity index (χ4n) is 4.51. The lowest BCUT2D eigenvalue weighted by atomic mass is 9.75. The van der Waals surface area contributed by atoms with Gasteiger partial charge >= 0.3 is 0 Å². The number of morpholine rings is 1. The fraction of sp³-hybridized carbons (Fsp3) is 0.560. The summed E-state index contributed by atoms with van der Waals surface area (Å²) in [7, 11) is 0. The van der Waals surface area contributed by atoms with E-state index in [0.717, 1.165) is 18.6 Å². The first-order valence-electron chi connectivity index (χ1n) is 12.0. The molecule has 34 heavy (non-hydrogen) atoms. The lowest BCUT2D eigenvalue weighted by molar-refractivity contribution is -0.139. The van der Waals surface area contributed by atoms with Gasteiger partial charge in [0.15, 0.2) is 5.69 Å². The second-order valence-corrected chi connectivity index (χ2v) is 9.57. The molecule has 4 rings (SSSR count). The van der Waals surface area contributed by atoms with Crippen molar-refractivity contribution >= 4 is 23.4 Å². The Morgan fingerprint density at radius 1 is 1.09 bits per heavy atom. The Hall–Kier alpha value is -2.58. The second kappa shape index (κ2) is 11.2. The zero-order chi connectivity index (χ0) is 24.0. The van der Waals surface area contributed by atoms with E-state index in [1.165, 1.54) is 0 Å². The highest BCUT2D eigenvalue weighted by Gasteiger charge is 2.40. The predicted octanol–water partition coefficient (Wildman–Crippen LogP) is 3.83. The standard InChI is InChI=1S/C25H32ClN3O5/c1-2-3-21-16-22(27-34-21)24(31)29-10-8-25(9-11-29,17-23(30)28-12-14-32-15-13-28)18-33-20-6-4-19(26)5-7-20/h4-7,16H,2-3,8-15,17-18H2,1H3. The number of likely N-dealkylation sites (tertiary alicyclic amines) is 1. The normalized spacial score (nSPS) is 18.1. The van der Waals surface area contributed by atoms with Crippen LogP contribution in [0.25, 0.3) is 0 Å². The van der Waals surface area contributed by atoms with Crippen molar-refractivity contribution in [1.82, 2.24) is 15.0 Å². The number of aryl methyl sites for hydroxylation is 1. The number of benzene rings is 1. The van der Waals surface area contributed by atoms with Gasteiger partial charge in [-0.25, -0.2) is 0 Å². The lowest BCUT2D eigenvalue weighted by Gasteiger charge is -2.42. The van der Waals surface area contributed by atoms with E-state index in [9.17, 15) is 9.59 Å². The number of aromatic nitrogens is 1. The Bertz CT molecular complexity index is 963. The van der Waals surface area contributed by atoms with Crippen LogP contribution in [0.4, 0.5) is 0 Å². The molecule has 0 aliphatic carbocycles. The van der Waals surface area contributed by atoms with Gasteiger partial charge in [-0.3, -0.25) is 9.59 Å². The third kappa shape index (κ3) is 6.10. The fourth-order valence-corrected chi connectivity index (χ4v) is 4.63. The molecule has 2 aromatic rings. The number of piperidine rings is 1. The summed E-state index contributed by atoms with van der Waals surface area (Å²) in [6.45, 7) is 5.90. The number of hydrogen-bond acceptors (Lipinski definition) is 6. The Balaban J connectivity index is 1.42. The summed E-state index contributed by atoms with van der Waals surface area (Å²) in [5.41, 5.74) is -0.0130. The van der Waals surface area contributed by atoms with Crippen LogP contribution >= 0.6 is 11.6 Å². The van der Waals surface area contributed by atoms with Crippen molar-refractivity contribution in [2.24, 2.45) is 5.41 Å². The first kappa shape index (κ1) is 24.5. The molecule has 0 N–H and O–H groups in total. The van der Waals surface area contributed by atoms with E-state index >= 15 is 0 Å². The van der Waals surface area contributed by atoms with Gasteiger partial charge < -0.3 is 23.8 Å². The summed E-state index contributed by atoms with van der Waals surface area (Å²) >= 11 is 5.99. The van der Waals surface area contributed by atoms with Crippen LogP contribution in [0.15, 0.2) is 34.9 Å². The van der Waals surface area contributed by atoms with Crippen molar-refractivity contribution in [3.63, 3.8) is 0 Å². The first-order chi connectivity index (χ1) is 16.5. The molecule has 2 saturated heterocycles. The van der Waals surface area contributed by atoms with Gasteiger partial charge in [0, 0.05) is 55.5 Å². The van der Waals surface area contributed by atoms with E-state index < -0.39 is 0 Å². The van der Waals surface area contributed by atoms with Crippen LogP contribution in [0, 0.1) is 5.41 Å². The number of carbonyl (C=O) groups excluding carboxylic acids is 2. The predicted molar refractivity (Wildman–Crippen MR) is 127 cm³/mol. The van der Waals surface area contributed by atoms with Crippen molar-refractivity contribution < 1.29 is 23.6 Å². The van der Waals surface area contributed by atoms with Gasteiger partial charge in [-0.2, -0.15) is 0 Å². The minimum atomic E-state index is -0.358. The summed E-state index contributed by atoms with van der Waals surface area (Å²) in [5.74, 6) is 1.43. The van der Waals surface area contributed by atoms with E-state index in [1.807, 2.05) is 17.0 Å². The number of hydrogen-bond donors (Lipinski definition) is 0. The molecule has 1 aromatic carbocycles. The molecule has 9 heteroatoms. The van der Waals surface area contributed by atoms with Crippen LogP contribution in [0.5, 0.6) is 5.75 Å². The zero-order valence-corrected chi connectivity index (χ0v) is 20.4. The highest BCUT2D eigenvalue weighted by Crippen LogP contribution is 2.37. The molecule has 0 bridgehead atoms. The molecule has 1 aromatic heterocycles. The molecule has 0 radical (unpaired) electrons. The topological polar surface area (TPSA) is 85.1 Å². The second-order valence-electron chi connectivity index (χ2n) is 9.13. The minimum absolute atomic E-state index is 0.114. The molecule has 2 amide bonds. The summed E-state index contributed by atoms with van der Waals surface area (Å²) in [6.07, 6.45) is 3.41. The first-order valence-corrected chi connectivity index (χ1v) is 12.3. The monoisotopic (exact) mass is 489 g/mol. The highest BCUT2D eigenvalue weighted by molar-refractivity contribution is 6.30. The summed E-state index contributed by atoms with van der Waals surface area (Å²) in [6, 6.07) is 8.97. The largest absolute Gasteiger partial charge is 0.493 e. The van der Waals surface area contributed by atoms with E-state index in [1.54, 1.807) is 23.1 Å².